The van der Waals surface area contributed by atoms with Crippen LogP contribution in [0.25, 0.3) is 0 Å². The molecule has 4 rings (SSSR count). The summed E-state index contributed by atoms with van der Waals surface area (Å²) in [6.07, 6.45) is 2.54. The summed E-state index contributed by atoms with van der Waals surface area (Å²) < 4.78 is 0. The number of phenols is 4. The molecule has 4 aromatic rings. The van der Waals surface area contributed by atoms with Gasteiger partial charge in [0.15, 0.2) is 0 Å². The summed E-state index contributed by atoms with van der Waals surface area (Å²) in [5.41, 5.74) is 4.36. The van der Waals surface area contributed by atoms with Crippen molar-refractivity contribution in [1.29, 1.82) is 0 Å². The van der Waals surface area contributed by atoms with Crippen LogP contribution in [0.5, 0.6) is 23.0 Å². The molecule has 0 saturated heterocycles. The second-order valence-corrected chi connectivity index (χ2v) is 7.30. The van der Waals surface area contributed by atoms with Gasteiger partial charge in [0.25, 0.3) is 0 Å². The van der Waals surface area contributed by atoms with Gasteiger partial charge in [0, 0.05) is 6.42 Å². The zero-order valence-electron chi connectivity index (χ0n) is 17.1. The molecule has 4 heteroatoms. The Balaban J connectivity index is 0.000000176. The smallest absolute Gasteiger partial charge is 0.119 e. The first-order valence-electron chi connectivity index (χ1n) is 10.1. The van der Waals surface area contributed by atoms with Crippen molar-refractivity contribution in [2.45, 2.75) is 19.3 Å². The lowest BCUT2D eigenvalue weighted by atomic mass is 10.0. The minimum absolute atomic E-state index is 0.260. The molecule has 0 aliphatic heterocycles. The highest BCUT2D eigenvalue weighted by atomic mass is 16.3. The van der Waals surface area contributed by atoms with Crippen LogP contribution in [0.15, 0.2) is 97.1 Å². The van der Waals surface area contributed by atoms with E-state index >= 15 is 0 Å². The van der Waals surface area contributed by atoms with Crippen LogP contribution >= 0.6 is 0 Å². The third-order valence-electron chi connectivity index (χ3n) is 4.90. The number of aryl methyl sites for hydroxylation is 2. The lowest BCUT2D eigenvalue weighted by Crippen LogP contribution is -1.90. The second-order valence-electron chi connectivity index (χ2n) is 7.30. The fourth-order valence-electron chi connectivity index (χ4n) is 3.11. The Kier molecular flexibility index (Phi) is 7.55. The molecule has 4 aromatic carbocycles. The molecular formula is C27H26O4. The number of hydrogen-bond acceptors (Lipinski definition) is 4. The number of para-hydroxylation sites is 1. The number of aromatic hydroxyl groups is 4. The largest absolute Gasteiger partial charge is 0.508 e. The average molecular weight is 415 g/mol. The van der Waals surface area contributed by atoms with E-state index in [1.807, 2.05) is 48.5 Å². The van der Waals surface area contributed by atoms with Crippen LogP contribution in [-0.4, -0.2) is 20.4 Å². The summed E-state index contributed by atoms with van der Waals surface area (Å²) >= 11 is 0. The molecular weight excluding hydrogens is 388 g/mol. The molecule has 0 aliphatic carbocycles. The van der Waals surface area contributed by atoms with Gasteiger partial charge in [-0.05, 0) is 77.6 Å². The first-order valence-corrected chi connectivity index (χ1v) is 10.1. The molecule has 0 fully saturated rings. The van der Waals surface area contributed by atoms with E-state index in [2.05, 4.69) is 0 Å². The van der Waals surface area contributed by atoms with Crippen LogP contribution in [0, 0.1) is 0 Å². The molecule has 0 bridgehead atoms. The van der Waals surface area contributed by atoms with E-state index in [9.17, 15) is 5.11 Å². The van der Waals surface area contributed by atoms with E-state index in [0.29, 0.717) is 23.7 Å². The lowest BCUT2D eigenvalue weighted by molar-refractivity contribution is 0.469. The summed E-state index contributed by atoms with van der Waals surface area (Å²) in [5, 5.41) is 37.0. The van der Waals surface area contributed by atoms with Gasteiger partial charge >= 0.3 is 0 Å². The Bertz CT molecular complexity index is 1020. The predicted molar refractivity (Wildman–Crippen MR) is 123 cm³/mol. The quantitative estimate of drug-likeness (QED) is 0.344. The molecule has 0 atom stereocenters. The van der Waals surface area contributed by atoms with E-state index in [4.69, 9.17) is 15.3 Å². The average Bonchev–Trinajstić information content (AvgIpc) is 2.78. The van der Waals surface area contributed by atoms with Crippen LogP contribution in [0.2, 0.25) is 0 Å². The van der Waals surface area contributed by atoms with Crippen molar-refractivity contribution in [2.75, 3.05) is 0 Å². The van der Waals surface area contributed by atoms with Crippen molar-refractivity contribution in [2.24, 2.45) is 0 Å². The molecule has 0 amide bonds. The van der Waals surface area contributed by atoms with E-state index in [1.54, 1.807) is 48.5 Å². The summed E-state index contributed by atoms with van der Waals surface area (Å²) in [7, 11) is 0. The Labute approximate surface area is 182 Å². The maximum Gasteiger partial charge on any atom is 0.119 e. The Hall–Kier alpha value is -3.92. The lowest BCUT2D eigenvalue weighted by Gasteiger charge is -2.04. The minimum Gasteiger partial charge on any atom is -0.508 e. The van der Waals surface area contributed by atoms with Crippen LogP contribution in [0.3, 0.4) is 0 Å². The SMILES string of the molecule is Oc1ccc(CCc2ccc(O)cc2)cc1.Oc1ccc(Cc2ccccc2O)cc1. The Morgan fingerprint density at radius 2 is 0.806 bits per heavy atom. The molecule has 0 aliphatic rings. The topological polar surface area (TPSA) is 80.9 Å². The third kappa shape index (κ3) is 7.12. The van der Waals surface area contributed by atoms with Gasteiger partial charge in [0.1, 0.15) is 23.0 Å². The standard InChI is InChI=1S/C14H14O2.C13H12O2/c15-13-7-3-11(4-8-13)1-2-12-5-9-14(16)10-6-12;14-12-7-5-10(6-8-12)9-11-3-1-2-4-13(11)15/h3-10,15-16H,1-2H2;1-8,14-15H,9H2. The molecule has 0 saturated carbocycles. The highest BCUT2D eigenvalue weighted by molar-refractivity contribution is 5.37. The van der Waals surface area contributed by atoms with Crippen molar-refractivity contribution < 1.29 is 20.4 Å². The van der Waals surface area contributed by atoms with Crippen molar-refractivity contribution in [3.8, 4) is 23.0 Å². The monoisotopic (exact) mass is 414 g/mol. The van der Waals surface area contributed by atoms with Gasteiger partial charge in [0.2, 0.25) is 0 Å². The fraction of sp³-hybridized carbons (Fsp3) is 0.111. The molecule has 0 radical (unpaired) electrons. The summed E-state index contributed by atoms with van der Waals surface area (Å²) in [4.78, 5) is 0. The number of benzene rings is 4. The van der Waals surface area contributed by atoms with Crippen LogP contribution < -0.4 is 0 Å². The first-order chi connectivity index (χ1) is 15.0. The van der Waals surface area contributed by atoms with E-state index in [1.165, 1.54) is 11.1 Å². The van der Waals surface area contributed by atoms with Crippen LogP contribution in [0.1, 0.15) is 22.3 Å². The molecule has 4 N–H and O–H groups in total. The molecule has 0 unspecified atom stereocenters. The predicted octanol–water partition coefficient (Wildman–Crippen LogP) is 5.57. The molecule has 0 heterocycles. The second kappa shape index (κ2) is 10.7. The summed E-state index contributed by atoms with van der Waals surface area (Å²) in [5.74, 6) is 1.17. The highest BCUT2D eigenvalue weighted by Gasteiger charge is 2.01. The first kappa shape index (κ1) is 21.8. The Morgan fingerprint density at radius 1 is 0.419 bits per heavy atom. The molecule has 31 heavy (non-hydrogen) atoms. The van der Waals surface area contributed by atoms with E-state index in [0.717, 1.165) is 24.0 Å². The zero-order chi connectivity index (χ0) is 22.1. The molecule has 158 valence electrons. The van der Waals surface area contributed by atoms with E-state index in [-0.39, 0.29) is 5.75 Å². The van der Waals surface area contributed by atoms with Crippen molar-refractivity contribution in [1.82, 2.24) is 0 Å². The zero-order valence-corrected chi connectivity index (χ0v) is 17.1. The Morgan fingerprint density at radius 3 is 1.23 bits per heavy atom. The minimum atomic E-state index is 0.260. The van der Waals surface area contributed by atoms with Gasteiger partial charge in [0.05, 0.1) is 0 Å². The van der Waals surface area contributed by atoms with Gasteiger partial charge in [-0.1, -0.05) is 54.6 Å². The molecule has 0 spiro atoms. The maximum atomic E-state index is 9.58. The van der Waals surface area contributed by atoms with Gasteiger partial charge in [-0.15, -0.1) is 0 Å². The van der Waals surface area contributed by atoms with E-state index < -0.39 is 0 Å². The van der Waals surface area contributed by atoms with Crippen LogP contribution in [0.4, 0.5) is 0 Å². The number of rotatable bonds is 5. The van der Waals surface area contributed by atoms with Crippen molar-refractivity contribution >= 4 is 0 Å². The normalized spacial score (nSPS) is 10.2. The highest BCUT2D eigenvalue weighted by Crippen LogP contribution is 2.20. The van der Waals surface area contributed by atoms with Crippen LogP contribution in [-0.2, 0) is 19.3 Å². The number of hydrogen-bond donors (Lipinski definition) is 4. The van der Waals surface area contributed by atoms with Gasteiger partial charge < -0.3 is 20.4 Å². The van der Waals surface area contributed by atoms with Gasteiger partial charge in [-0.25, -0.2) is 0 Å². The van der Waals surface area contributed by atoms with Crippen molar-refractivity contribution in [3.05, 3.63) is 119 Å². The molecule has 0 aromatic heterocycles. The van der Waals surface area contributed by atoms with Gasteiger partial charge in [-0.3, -0.25) is 0 Å². The summed E-state index contributed by atoms with van der Waals surface area (Å²) in [6.45, 7) is 0. The third-order valence-corrected chi connectivity index (χ3v) is 4.90. The fourth-order valence-corrected chi connectivity index (χ4v) is 3.11. The molecule has 4 nitrogen and oxygen atoms in total. The maximum absolute atomic E-state index is 9.58. The van der Waals surface area contributed by atoms with Gasteiger partial charge in [-0.2, -0.15) is 0 Å². The summed E-state index contributed by atoms with van der Waals surface area (Å²) in [6, 6.07) is 28.8. The van der Waals surface area contributed by atoms with Crippen molar-refractivity contribution in [3.63, 3.8) is 0 Å². The number of phenolic OH excluding ortho intramolecular Hbond substituents is 4.